The summed E-state index contributed by atoms with van der Waals surface area (Å²) in [7, 11) is 0. The van der Waals surface area contributed by atoms with Gasteiger partial charge in [0.15, 0.2) is 0 Å². The molecule has 0 saturated carbocycles. The SMILES string of the molecule is CCC(O)(CN)Cc1ccc(Cl)s1. The van der Waals surface area contributed by atoms with Crippen LogP contribution in [0, 0.1) is 0 Å². The summed E-state index contributed by atoms with van der Waals surface area (Å²) in [6.45, 7) is 2.22. The topological polar surface area (TPSA) is 46.2 Å². The van der Waals surface area contributed by atoms with Crippen LogP contribution in [0.4, 0.5) is 0 Å². The summed E-state index contributed by atoms with van der Waals surface area (Å²) in [5, 5.41) is 9.93. The first-order valence-electron chi connectivity index (χ1n) is 4.26. The van der Waals surface area contributed by atoms with Gasteiger partial charge in [0.1, 0.15) is 0 Å². The fraction of sp³-hybridized carbons (Fsp3) is 0.556. The Kier molecular flexibility index (Phi) is 3.74. The molecule has 0 aromatic carbocycles. The third-order valence-corrected chi connectivity index (χ3v) is 3.40. The number of rotatable bonds is 4. The van der Waals surface area contributed by atoms with Gasteiger partial charge in [-0.05, 0) is 18.6 Å². The first kappa shape index (κ1) is 11.0. The molecular formula is C9H14ClNOS. The maximum atomic E-state index is 9.93. The number of thiophene rings is 1. The zero-order valence-corrected chi connectivity index (χ0v) is 9.16. The Labute approximate surface area is 87.3 Å². The van der Waals surface area contributed by atoms with Crippen LogP contribution in [0.25, 0.3) is 0 Å². The predicted octanol–water partition coefficient (Wildman–Crippen LogP) is 2.04. The van der Waals surface area contributed by atoms with Crippen molar-refractivity contribution in [1.82, 2.24) is 0 Å². The lowest BCUT2D eigenvalue weighted by atomic mass is 9.96. The molecule has 0 radical (unpaired) electrons. The molecule has 0 aliphatic rings. The molecule has 74 valence electrons. The second-order valence-electron chi connectivity index (χ2n) is 3.16. The summed E-state index contributed by atoms with van der Waals surface area (Å²) in [6, 6.07) is 3.78. The zero-order valence-electron chi connectivity index (χ0n) is 7.59. The van der Waals surface area contributed by atoms with Gasteiger partial charge in [-0.15, -0.1) is 11.3 Å². The molecule has 4 heteroatoms. The van der Waals surface area contributed by atoms with E-state index in [1.807, 2.05) is 19.1 Å². The fourth-order valence-corrected chi connectivity index (χ4v) is 2.34. The average Bonchev–Trinajstić information content (AvgIpc) is 2.51. The summed E-state index contributed by atoms with van der Waals surface area (Å²) in [4.78, 5) is 1.08. The summed E-state index contributed by atoms with van der Waals surface area (Å²) >= 11 is 7.28. The number of aliphatic hydroxyl groups is 1. The van der Waals surface area contributed by atoms with E-state index in [9.17, 15) is 5.11 Å². The van der Waals surface area contributed by atoms with Crippen LogP contribution in [0.2, 0.25) is 4.34 Å². The molecule has 0 amide bonds. The third kappa shape index (κ3) is 2.95. The van der Waals surface area contributed by atoms with Crippen LogP contribution in [0.3, 0.4) is 0 Å². The molecule has 1 aromatic heterocycles. The molecule has 0 fully saturated rings. The minimum absolute atomic E-state index is 0.291. The quantitative estimate of drug-likeness (QED) is 0.814. The van der Waals surface area contributed by atoms with Crippen molar-refractivity contribution in [2.45, 2.75) is 25.4 Å². The monoisotopic (exact) mass is 219 g/mol. The van der Waals surface area contributed by atoms with Gasteiger partial charge in [-0.3, -0.25) is 0 Å². The highest BCUT2D eigenvalue weighted by atomic mass is 35.5. The first-order chi connectivity index (χ1) is 6.09. The molecule has 1 aromatic rings. The van der Waals surface area contributed by atoms with Crippen LogP contribution >= 0.6 is 22.9 Å². The zero-order chi connectivity index (χ0) is 9.90. The van der Waals surface area contributed by atoms with Crippen molar-refractivity contribution >= 4 is 22.9 Å². The Hall–Kier alpha value is -0.0900. The van der Waals surface area contributed by atoms with Gasteiger partial charge in [-0.2, -0.15) is 0 Å². The Bertz CT molecular complexity index is 270. The number of halogens is 1. The molecule has 0 saturated heterocycles. The highest BCUT2D eigenvalue weighted by molar-refractivity contribution is 7.16. The highest BCUT2D eigenvalue weighted by Crippen LogP contribution is 2.26. The number of hydrogen-bond donors (Lipinski definition) is 2. The molecular weight excluding hydrogens is 206 g/mol. The van der Waals surface area contributed by atoms with Crippen LogP contribution in [-0.2, 0) is 6.42 Å². The summed E-state index contributed by atoms with van der Waals surface area (Å²) < 4.78 is 0.755. The summed E-state index contributed by atoms with van der Waals surface area (Å²) in [6.07, 6.45) is 1.26. The van der Waals surface area contributed by atoms with Crippen molar-refractivity contribution in [2.75, 3.05) is 6.54 Å². The second-order valence-corrected chi connectivity index (χ2v) is 4.96. The van der Waals surface area contributed by atoms with Crippen molar-refractivity contribution < 1.29 is 5.11 Å². The van der Waals surface area contributed by atoms with E-state index in [-0.39, 0.29) is 0 Å². The van der Waals surface area contributed by atoms with Crippen molar-refractivity contribution in [2.24, 2.45) is 5.73 Å². The predicted molar refractivity (Wildman–Crippen MR) is 57.3 cm³/mol. The maximum Gasteiger partial charge on any atom is 0.0931 e. The van der Waals surface area contributed by atoms with Gasteiger partial charge in [-0.25, -0.2) is 0 Å². The van der Waals surface area contributed by atoms with Crippen molar-refractivity contribution in [3.63, 3.8) is 0 Å². The van der Waals surface area contributed by atoms with Crippen LogP contribution in [0.1, 0.15) is 18.2 Å². The molecule has 1 heterocycles. The largest absolute Gasteiger partial charge is 0.388 e. The first-order valence-corrected chi connectivity index (χ1v) is 5.46. The van der Waals surface area contributed by atoms with Crippen LogP contribution < -0.4 is 5.73 Å². The number of hydrogen-bond acceptors (Lipinski definition) is 3. The maximum absolute atomic E-state index is 9.93. The molecule has 1 atom stereocenters. The lowest BCUT2D eigenvalue weighted by Gasteiger charge is -2.23. The van der Waals surface area contributed by atoms with Gasteiger partial charge in [0, 0.05) is 17.8 Å². The van der Waals surface area contributed by atoms with Gasteiger partial charge in [-0.1, -0.05) is 18.5 Å². The minimum Gasteiger partial charge on any atom is -0.388 e. The molecule has 3 N–H and O–H groups in total. The molecule has 0 bridgehead atoms. The van der Waals surface area contributed by atoms with Crippen LogP contribution in [0.15, 0.2) is 12.1 Å². The van der Waals surface area contributed by atoms with Gasteiger partial charge < -0.3 is 10.8 Å². The Morgan fingerprint density at radius 2 is 2.31 bits per heavy atom. The smallest absolute Gasteiger partial charge is 0.0931 e. The van der Waals surface area contributed by atoms with E-state index in [1.165, 1.54) is 11.3 Å². The molecule has 1 unspecified atom stereocenters. The Morgan fingerprint density at radius 3 is 2.69 bits per heavy atom. The lowest BCUT2D eigenvalue weighted by molar-refractivity contribution is 0.0464. The van der Waals surface area contributed by atoms with Gasteiger partial charge in [0.05, 0.1) is 9.94 Å². The third-order valence-electron chi connectivity index (χ3n) is 2.17. The van der Waals surface area contributed by atoms with E-state index in [4.69, 9.17) is 17.3 Å². The highest BCUT2D eigenvalue weighted by Gasteiger charge is 2.23. The van der Waals surface area contributed by atoms with E-state index in [2.05, 4.69) is 0 Å². The van der Waals surface area contributed by atoms with Gasteiger partial charge in [0.25, 0.3) is 0 Å². The summed E-state index contributed by atoms with van der Waals surface area (Å²) in [5.41, 5.74) is 4.72. The van der Waals surface area contributed by atoms with Gasteiger partial charge >= 0.3 is 0 Å². The van der Waals surface area contributed by atoms with E-state index in [0.29, 0.717) is 19.4 Å². The van der Waals surface area contributed by atoms with Crippen molar-refractivity contribution in [3.05, 3.63) is 21.3 Å². The lowest BCUT2D eigenvalue weighted by Crippen LogP contribution is -2.38. The summed E-state index contributed by atoms with van der Waals surface area (Å²) in [5.74, 6) is 0. The molecule has 0 spiro atoms. The average molecular weight is 220 g/mol. The minimum atomic E-state index is -0.770. The van der Waals surface area contributed by atoms with E-state index in [1.54, 1.807) is 0 Å². The van der Waals surface area contributed by atoms with E-state index < -0.39 is 5.60 Å². The second kappa shape index (κ2) is 4.42. The van der Waals surface area contributed by atoms with Crippen molar-refractivity contribution in [3.8, 4) is 0 Å². The Balaban J connectivity index is 2.67. The molecule has 2 nitrogen and oxygen atoms in total. The van der Waals surface area contributed by atoms with Gasteiger partial charge in [0.2, 0.25) is 0 Å². The van der Waals surface area contributed by atoms with E-state index in [0.717, 1.165) is 9.21 Å². The molecule has 0 aliphatic heterocycles. The number of nitrogens with two attached hydrogens (primary N) is 1. The van der Waals surface area contributed by atoms with Crippen molar-refractivity contribution in [1.29, 1.82) is 0 Å². The molecule has 13 heavy (non-hydrogen) atoms. The van der Waals surface area contributed by atoms with Crippen LogP contribution in [0.5, 0.6) is 0 Å². The van der Waals surface area contributed by atoms with E-state index >= 15 is 0 Å². The Morgan fingerprint density at radius 1 is 1.62 bits per heavy atom. The normalized spacial score (nSPS) is 15.7. The molecule has 0 aliphatic carbocycles. The fourth-order valence-electron chi connectivity index (χ4n) is 1.11. The molecule has 1 rings (SSSR count). The van der Waals surface area contributed by atoms with Crippen LogP contribution in [-0.4, -0.2) is 17.3 Å². The standard InChI is InChI=1S/C9H14ClNOS/c1-2-9(12,6-11)5-7-3-4-8(10)13-7/h3-4,12H,2,5-6,11H2,1H3.